The fourth-order valence-electron chi connectivity index (χ4n) is 2.32. The molecule has 134 valence electrons. The number of nitrogens with zero attached hydrogens (tertiary/aromatic N) is 3. The van der Waals surface area contributed by atoms with E-state index in [0.29, 0.717) is 5.16 Å². The molecule has 1 atom stereocenters. The number of carbonyl (C=O) groups excluding carboxylic acids is 1. The van der Waals surface area contributed by atoms with Gasteiger partial charge in [-0.1, -0.05) is 11.8 Å². The summed E-state index contributed by atoms with van der Waals surface area (Å²) >= 11 is 1.19. The van der Waals surface area contributed by atoms with Crippen LogP contribution in [0.5, 0.6) is 5.75 Å². The number of halogens is 2. The van der Waals surface area contributed by atoms with Crippen molar-refractivity contribution in [3.05, 3.63) is 66.0 Å². The lowest BCUT2D eigenvalue weighted by atomic mass is 10.1. The molecular formula is C18H15F2N3O2S. The predicted octanol–water partition coefficient (Wildman–Crippen LogP) is 3.92. The fraction of sp³-hybridized carbons (Fsp3) is 0.167. The highest BCUT2D eigenvalue weighted by Gasteiger charge is 2.21. The Hall–Kier alpha value is -2.74. The van der Waals surface area contributed by atoms with E-state index >= 15 is 0 Å². The maximum absolute atomic E-state index is 13.4. The van der Waals surface area contributed by atoms with Gasteiger partial charge in [-0.15, -0.1) is 10.2 Å². The van der Waals surface area contributed by atoms with Gasteiger partial charge in [0.2, 0.25) is 0 Å². The predicted molar refractivity (Wildman–Crippen MR) is 93.9 cm³/mol. The first-order chi connectivity index (χ1) is 12.5. The Morgan fingerprint density at radius 3 is 2.54 bits per heavy atom. The van der Waals surface area contributed by atoms with Gasteiger partial charge >= 0.3 is 0 Å². The number of aromatic nitrogens is 3. The molecule has 0 amide bonds. The highest BCUT2D eigenvalue weighted by Crippen LogP contribution is 2.27. The van der Waals surface area contributed by atoms with Gasteiger partial charge < -0.3 is 4.74 Å². The van der Waals surface area contributed by atoms with Crippen molar-refractivity contribution in [3.63, 3.8) is 0 Å². The summed E-state index contributed by atoms with van der Waals surface area (Å²) in [6.07, 6.45) is 1.54. The van der Waals surface area contributed by atoms with Crippen molar-refractivity contribution < 1.29 is 18.3 Å². The molecule has 5 nitrogen and oxygen atoms in total. The molecule has 0 unspecified atom stereocenters. The molecule has 0 radical (unpaired) electrons. The number of ether oxygens (including phenoxy) is 1. The first-order valence-corrected chi connectivity index (χ1v) is 8.58. The van der Waals surface area contributed by atoms with Crippen LogP contribution in [0.4, 0.5) is 8.78 Å². The van der Waals surface area contributed by atoms with Crippen LogP contribution in [-0.4, -0.2) is 32.9 Å². The van der Waals surface area contributed by atoms with Crippen molar-refractivity contribution in [1.82, 2.24) is 14.8 Å². The van der Waals surface area contributed by atoms with Gasteiger partial charge in [0, 0.05) is 11.3 Å². The quantitative estimate of drug-likeness (QED) is 0.483. The molecule has 0 spiro atoms. The van der Waals surface area contributed by atoms with Crippen LogP contribution >= 0.6 is 11.8 Å². The van der Waals surface area contributed by atoms with Crippen molar-refractivity contribution in [2.45, 2.75) is 17.3 Å². The van der Waals surface area contributed by atoms with E-state index in [0.717, 1.165) is 23.6 Å². The molecule has 3 rings (SSSR count). The molecule has 0 saturated heterocycles. The summed E-state index contributed by atoms with van der Waals surface area (Å²) in [6, 6.07) is 10.4. The third-order valence-electron chi connectivity index (χ3n) is 3.72. The van der Waals surface area contributed by atoms with Crippen LogP contribution in [0.25, 0.3) is 5.69 Å². The number of thioether (sulfide) groups is 1. The SMILES string of the molecule is COc1ccc(-n2cnnc2S[C@@H](C)C(=O)c2ccc(F)c(F)c2)cc1. The van der Waals surface area contributed by atoms with Crippen LogP contribution in [0.3, 0.4) is 0 Å². The first-order valence-electron chi connectivity index (χ1n) is 7.70. The van der Waals surface area contributed by atoms with Gasteiger partial charge in [0.25, 0.3) is 0 Å². The second-order valence-corrected chi connectivity index (χ2v) is 6.74. The molecular weight excluding hydrogens is 360 g/mol. The van der Waals surface area contributed by atoms with Gasteiger partial charge in [-0.2, -0.15) is 0 Å². The average molecular weight is 375 g/mol. The summed E-state index contributed by atoms with van der Waals surface area (Å²) in [6.45, 7) is 1.68. The summed E-state index contributed by atoms with van der Waals surface area (Å²) in [5.74, 6) is -1.63. The number of methoxy groups -OCH3 is 1. The van der Waals surface area contributed by atoms with Gasteiger partial charge in [0.1, 0.15) is 12.1 Å². The van der Waals surface area contributed by atoms with E-state index < -0.39 is 16.9 Å². The molecule has 0 bridgehead atoms. The third kappa shape index (κ3) is 3.75. The zero-order valence-corrected chi connectivity index (χ0v) is 14.8. The van der Waals surface area contributed by atoms with Gasteiger partial charge in [0.05, 0.1) is 12.4 Å². The maximum atomic E-state index is 13.4. The Balaban J connectivity index is 1.79. The molecule has 0 fully saturated rings. The number of hydrogen-bond acceptors (Lipinski definition) is 5. The lowest BCUT2D eigenvalue weighted by molar-refractivity contribution is 0.0993. The number of Topliss-reactive ketones (excluding diaryl/α,β-unsaturated/α-hetero) is 1. The minimum absolute atomic E-state index is 0.111. The monoisotopic (exact) mass is 375 g/mol. The number of ketones is 1. The highest BCUT2D eigenvalue weighted by atomic mass is 32.2. The van der Waals surface area contributed by atoms with E-state index in [1.54, 1.807) is 37.1 Å². The van der Waals surface area contributed by atoms with Crippen LogP contribution in [0, 0.1) is 11.6 Å². The minimum Gasteiger partial charge on any atom is -0.497 e. The molecule has 0 aliphatic carbocycles. The Labute approximate surface area is 153 Å². The average Bonchev–Trinajstić information content (AvgIpc) is 3.11. The van der Waals surface area contributed by atoms with E-state index in [-0.39, 0.29) is 11.3 Å². The van der Waals surface area contributed by atoms with Crippen molar-refractivity contribution in [1.29, 1.82) is 0 Å². The summed E-state index contributed by atoms with van der Waals surface area (Å²) < 4.78 is 33.3. The van der Waals surface area contributed by atoms with Crippen molar-refractivity contribution in [2.75, 3.05) is 7.11 Å². The molecule has 26 heavy (non-hydrogen) atoms. The molecule has 0 saturated carbocycles. The van der Waals surface area contributed by atoms with Crippen LogP contribution in [0.1, 0.15) is 17.3 Å². The van der Waals surface area contributed by atoms with Gasteiger partial charge in [-0.25, -0.2) is 8.78 Å². The molecule has 0 aliphatic heterocycles. The van der Waals surface area contributed by atoms with Gasteiger partial charge in [0.15, 0.2) is 22.6 Å². The number of benzene rings is 2. The maximum Gasteiger partial charge on any atom is 0.196 e. The molecule has 0 N–H and O–H groups in total. The van der Waals surface area contributed by atoms with Crippen molar-refractivity contribution in [2.24, 2.45) is 0 Å². The number of carbonyl (C=O) groups is 1. The Bertz CT molecular complexity index is 928. The fourth-order valence-corrected chi connectivity index (χ4v) is 3.24. The summed E-state index contributed by atoms with van der Waals surface area (Å²) in [5, 5.41) is 7.89. The van der Waals surface area contributed by atoms with E-state index in [2.05, 4.69) is 10.2 Å². The lowest BCUT2D eigenvalue weighted by Crippen LogP contribution is -2.15. The van der Waals surface area contributed by atoms with Crippen LogP contribution in [0.2, 0.25) is 0 Å². The Morgan fingerprint density at radius 1 is 1.15 bits per heavy atom. The Morgan fingerprint density at radius 2 is 1.88 bits per heavy atom. The number of hydrogen-bond donors (Lipinski definition) is 0. The molecule has 2 aromatic carbocycles. The van der Waals surface area contributed by atoms with E-state index in [4.69, 9.17) is 4.74 Å². The summed E-state index contributed by atoms with van der Waals surface area (Å²) in [4.78, 5) is 12.5. The third-order valence-corrected chi connectivity index (χ3v) is 4.78. The highest BCUT2D eigenvalue weighted by molar-refractivity contribution is 8.00. The second kappa shape index (κ2) is 7.65. The van der Waals surface area contributed by atoms with E-state index in [1.807, 2.05) is 12.1 Å². The standard InChI is InChI=1S/C18H15F2N3O2S/c1-11(17(24)12-3-8-15(19)16(20)9-12)26-18-22-21-10-23(18)13-4-6-14(25-2)7-5-13/h3-11H,1-2H3/t11-/m0/s1. The van der Waals surface area contributed by atoms with Crippen molar-refractivity contribution >= 4 is 17.5 Å². The first kappa shape index (κ1) is 18.1. The van der Waals surface area contributed by atoms with Crippen LogP contribution in [-0.2, 0) is 0 Å². The minimum atomic E-state index is -1.05. The van der Waals surface area contributed by atoms with Gasteiger partial charge in [-0.05, 0) is 49.4 Å². The molecule has 1 heterocycles. The normalized spacial score (nSPS) is 12.0. The topological polar surface area (TPSA) is 57.0 Å². The molecule has 8 heteroatoms. The smallest absolute Gasteiger partial charge is 0.196 e. The molecule has 1 aromatic heterocycles. The van der Waals surface area contributed by atoms with E-state index in [1.165, 1.54) is 17.8 Å². The summed E-state index contributed by atoms with van der Waals surface area (Å²) in [5.41, 5.74) is 0.921. The summed E-state index contributed by atoms with van der Waals surface area (Å²) in [7, 11) is 1.58. The van der Waals surface area contributed by atoms with Crippen LogP contribution < -0.4 is 4.74 Å². The second-order valence-electron chi connectivity index (χ2n) is 5.43. The molecule has 0 aliphatic rings. The van der Waals surface area contributed by atoms with Gasteiger partial charge in [-0.3, -0.25) is 9.36 Å². The zero-order valence-electron chi connectivity index (χ0n) is 14.0. The van der Waals surface area contributed by atoms with Crippen LogP contribution in [0.15, 0.2) is 53.9 Å². The van der Waals surface area contributed by atoms with E-state index in [9.17, 15) is 13.6 Å². The van der Waals surface area contributed by atoms with Crippen molar-refractivity contribution in [3.8, 4) is 11.4 Å². The number of rotatable bonds is 6. The Kier molecular flexibility index (Phi) is 5.32. The molecule has 3 aromatic rings. The lowest BCUT2D eigenvalue weighted by Gasteiger charge is -2.11. The zero-order chi connectivity index (χ0) is 18.7. The largest absolute Gasteiger partial charge is 0.497 e.